The third-order valence-electron chi connectivity index (χ3n) is 16.5. The molecule has 462 valence electrons. The van der Waals surface area contributed by atoms with E-state index in [0.717, 1.165) is 57.8 Å². The minimum atomic E-state index is -0.766. The number of hydrogen-bond donors (Lipinski definition) is 0. The van der Waals surface area contributed by atoms with Crippen LogP contribution in [0.2, 0.25) is 0 Å². The Bertz CT molecular complexity index is 1210. The van der Waals surface area contributed by atoms with Crippen LogP contribution in [0.1, 0.15) is 412 Å². The number of unbranched alkanes of at least 4 members (excludes halogenated alkanes) is 54. The molecular weight excluding hydrogens is 961 g/mol. The van der Waals surface area contributed by atoms with Gasteiger partial charge in [0.25, 0.3) is 0 Å². The summed E-state index contributed by atoms with van der Waals surface area (Å²) in [5.41, 5.74) is 0. The summed E-state index contributed by atoms with van der Waals surface area (Å²) in [5.74, 6) is -0.825. The number of esters is 3. The third-order valence-corrected chi connectivity index (χ3v) is 16.5. The van der Waals surface area contributed by atoms with Crippen molar-refractivity contribution in [2.75, 3.05) is 13.2 Å². The summed E-state index contributed by atoms with van der Waals surface area (Å²) in [6.07, 6.45) is 80.9. The van der Waals surface area contributed by atoms with Gasteiger partial charge in [0, 0.05) is 19.3 Å². The van der Waals surface area contributed by atoms with Crippen molar-refractivity contribution in [3.63, 3.8) is 0 Å². The van der Waals surface area contributed by atoms with Gasteiger partial charge in [-0.15, -0.1) is 0 Å². The van der Waals surface area contributed by atoms with E-state index >= 15 is 0 Å². The molecule has 0 heterocycles. The van der Waals surface area contributed by atoms with Crippen LogP contribution in [0.25, 0.3) is 0 Å². The molecule has 0 aliphatic carbocycles. The number of rotatable bonds is 67. The lowest BCUT2D eigenvalue weighted by atomic mass is 10.0. The molecule has 0 saturated carbocycles. The van der Waals surface area contributed by atoms with Crippen molar-refractivity contribution in [3.05, 3.63) is 12.2 Å². The molecule has 0 aromatic heterocycles. The predicted molar refractivity (Wildman–Crippen MR) is 340 cm³/mol. The third kappa shape index (κ3) is 65.0. The zero-order chi connectivity index (χ0) is 56.4. The molecule has 0 fully saturated rings. The second-order valence-corrected chi connectivity index (χ2v) is 24.5. The number of carbonyl (C=O) groups is 3. The molecule has 6 nitrogen and oxygen atoms in total. The van der Waals surface area contributed by atoms with Crippen LogP contribution in [-0.4, -0.2) is 37.2 Å². The summed E-state index contributed by atoms with van der Waals surface area (Å²) >= 11 is 0. The van der Waals surface area contributed by atoms with Crippen molar-refractivity contribution in [2.45, 2.75) is 419 Å². The highest BCUT2D eigenvalue weighted by atomic mass is 16.6. The van der Waals surface area contributed by atoms with Crippen LogP contribution in [0.5, 0.6) is 0 Å². The summed E-state index contributed by atoms with van der Waals surface area (Å²) in [6, 6.07) is 0. The van der Waals surface area contributed by atoms with Gasteiger partial charge in [-0.25, -0.2) is 0 Å². The van der Waals surface area contributed by atoms with E-state index in [2.05, 4.69) is 32.9 Å². The van der Waals surface area contributed by atoms with Gasteiger partial charge in [0.2, 0.25) is 0 Å². The van der Waals surface area contributed by atoms with Crippen molar-refractivity contribution < 1.29 is 28.6 Å². The van der Waals surface area contributed by atoms with E-state index in [1.54, 1.807) is 0 Å². The quantitative estimate of drug-likeness (QED) is 0.0261. The molecule has 1 atom stereocenters. The van der Waals surface area contributed by atoms with E-state index in [9.17, 15) is 14.4 Å². The highest BCUT2D eigenvalue weighted by Crippen LogP contribution is 2.19. The maximum Gasteiger partial charge on any atom is 0.306 e. The molecule has 1 unspecified atom stereocenters. The molecule has 0 saturated heterocycles. The Morgan fingerprint density at radius 1 is 0.244 bits per heavy atom. The van der Waals surface area contributed by atoms with Gasteiger partial charge >= 0.3 is 17.9 Å². The maximum atomic E-state index is 13.0. The zero-order valence-electron chi connectivity index (χ0n) is 53.2. The molecule has 0 rings (SSSR count). The maximum absolute atomic E-state index is 13.0. The normalized spacial score (nSPS) is 12.0. The van der Waals surface area contributed by atoms with Crippen molar-refractivity contribution in [1.82, 2.24) is 0 Å². The number of allylic oxidation sites excluding steroid dienone is 2. The average Bonchev–Trinajstić information content (AvgIpc) is 3.44. The summed E-state index contributed by atoms with van der Waals surface area (Å²) in [4.78, 5) is 38.5. The largest absolute Gasteiger partial charge is 0.462 e. The second-order valence-electron chi connectivity index (χ2n) is 24.5. The first kappa shape index (κ1) is 76.1. The molecule has 0 aromatic rings. The van der Waals surface area contributed by atoms with Gasteiger partial charge in [0.15, 0.2) is 6.10 Å². The molecule has 78 heavy (non-hydrogen) atoms. The average molecular weight is 1100 g/mol. The first-order valence-electron chi connectivity index (χ1n) is 35.7. The first-order valence-corrected chi connectivity index (χ1v) is 35.7. The molecule has 0 radical (unpaired) electrons. The molecule has 0 N–H and O–H groups in total. The topological polar surface area (TPSA) is 78.9 Å². The van der Waals surface area contributed by atoms with Crippen LogP contribution in [0.3, 0.4) is 0 Å². The standard InChI is InChI=1S/C72H138O6/c1-4-7-10-13-16-19-22-25-28-31-33-35-36-37-39-41-44-47-50-53-56-59-62-65-71(74)77-68-69(67-76-70(73)64-61-58-55-52-49-46-43-40-30-27-24-21-18-15-12-9-6-3)78-72(75)66-63-60-57-54-51-48-45-42-38-34-32-29-26-23-20-17-14-11-8-5-2/h31,33,69H,4-30,32,34-68H2,1-3H3/b33-31-. The first-order chi connectivity index (χ1) is 38.5. The molecule has 6 heteroatoms. The number of carbonyl (C=O) groups excluding carboxylic acids is 3. The van der Waals surface area contributed by atoms with Gasteiger partial charge in [0.1, 0.15) is 13.2 Å². The SMILES string of the molecule is CCCCCCCCCC/C=C\CCCCCCCCCCCCCC(=O)OCC(COC(=O)CCCCCCCCCCCCCCCCCCC)OC(=O)CCCCCCCCCCCCCCCCCCCCCC. The van der Waals surface area contributed by atoms with Crippen LogP contribution in [0, 0.1) is 0 Å². The van der Waals surface area contributed by atoms with Gasteiger partial charge < -0.3 is 14.2 Å². The summed E-state index contributed by atoms with van der Waals surface area (Å²) in [5, 5.41) is 0. The lowest BCUT2D eigenvalue weighted by Gasteiger charge is -2.18. The molecule has 0 spiro atoms. The van der Waals surface area contributed by atoms with Crippen molar-refractivity contribution in [2.24, 2.45) is 0 Å². The molecular formula is C72H138O6. The molecule has 0 amide bonds. The fourth-order valence-corrected chi connectivity index (χ4v) is 11.2. The minimum absolute atomic E-state index is 0.0626. The Morgan fingerprint density at radius 2 is 0.423 bits per heavy atom. The van der Waals surface area contributed by atoms with E-state index < -0.39 is 6.10 Å². The van der Waals surface area contributed by atoms with Crippen molar-refractivity contribution in [1.29, 1.82) is 0 Å². The summed E-state index contributed by atoms with van der Waals surface area (Å²) in [7, 11) is 0. The smallest absolute Gasteiger partial charge is 0.306 e. The van der Waals surface area contributed by atoms with Gasteiger partial charge in [-0.05, 0) is 44.9 Å². The van der Waals surface area contributed by atoms with Crippen LogP contribution in [-0.2, 0) is 28.6 Å². The highest BCUT2D eigenvalue weighted by molar-refractivity contribution is 5.71. The van der Waals surface area contributed by atoms with Crippen molar-refractivity contribution in [3.8, 4) is 0 Å². The predicted octanol–water partition coefficient (Wildman–Crippen LogP) is 24.4. The van der Waals surface area contributed by atoms with E-state index in [0.29, 0.717) is 19.3 Å². The molecule has 0 aliphatic heterocycles. The van der Waals surface area contributed by atoms with Crippen LogP contribution in [0.4, 0.5) is 0 Å². The Morgan fingerprint density at radius 3 is 0.641 bits per heavy atom. The van der Waals surface area contributed by atoms with Crippen LogP contribution >= 0.6 is 0 Å². The molecule has 0 aliphatic rings. The van der Waals surface area contributed by atoms with Crippen LogP contribution < -0.4 is 0 Å². The minimum Gasteiger partial charge on any atom is -0.462 e. The Balaban J connectivity index is 4.27. The summed E-state index contributed by atoms with van der Waals surface area (Å²) < 4.78 is 17.0. The second kappa shape index (κ2) is 67.7. The molecule has 0 aromatic carbocycles. The van der Waals surface area contributed by atoms with Crippen LogP contribution in [0.15, 0.2) is 12.2 Å². The molecule has 0 bridgehead atoms. The number of hydrogen-bond acceptors (Lipinski definition) is 6. The number of ether oxygens (including phenoxy) is 3. The van der Waals surface area contributed by atoms with E-state index in [1.807, 2.05) is 0 Å². The van der Waals surface area contributed by atoms with E-state index in [4.69, 9.17) is 14.2 Å². The van der Waals surface area contributed by atoms with Gasteiger partial charge in [-0.1, -0.05) is 360 Å². The van der Waals surface area contributed by atoms with Gasteiger partial charge in [-0.3, -0.25) is 14.4 Å². The fraction of sp³-hybridized carbons (Fsp3) is 0.931. The Hall–Kier alpha value is -1.85. The lowest BCUT2D eigenvalue weighted by molar-refractivity contribution is -0.167. The monoisotopic (exact) mass is 1100 g/mol. The Labute approximate surface area is 488 Å². The van der Waals surface area contributed by atoms with E-state index in [-0.39, 0.29) is 31.1 Å². The van der Waals surface area contributed by atoms with Crippen molar-refractivity contribution >= 4 is 17.9 Å². The van der Waals surface area contributed by atoms with Gasteiger partial charge in [-0.2, -0.15) is 0 Å². The fourth-order valence-electron chi connectivity index (χ4n) is 11.2. The summed E-state index contributed by atoms with van der Waals surface area (Å²) in [6.45, 7) is 6.74. The van der Waals surface area contributed by atoms with Gasteiger partial charge in [0.05, 0.1) is 0 Å². The zero-order valence-corrected chi connectivity index (χ0v) is 53.2. The Kier molecular flexibility index (Phi) is 66.0. The van der Waals surface area contributed by atoms with E-state index in [1.165, 1.54) is 315 Å². The highest BCUT2D eigenvalue weighted by Gasteiger charge is 2.19. The lowest BCUT2D eigenvalue weighted by Crippen LogP contribution is -2.30.